The van der Waals surface area contributed by atoms with Crippen molar-refractivity contribution in [1.29, 1.82) is 0 Å². The van der Waals surface area contributed by atoms with Gasteiger partial charge in [0.25, 0.3) is 0 Å². The highest BCUT2D eigenvalue weighted by Gasteiger charge is 2.27. The third-order valence-electron chi connectivity index (χ3n) is 2.72. The van der Waals surface area contributed by atoms with E-state index in [9.17, 15) is 8.42 Å². The van der Waals surface area contributed by atoms with Crippen LogP contribution in [0.5, 0.6) is 0 Å². The Balaban J connectivity index is 2.24. The zero-order chi connectivity index (χ0) is 11.3. The molecule has 1 aliphatic rings. The van der Waals surface area contributed by atoms with Crippen molar-refractivity contribution in [2.24, 2.45) is 0 Å². The van der Waals surface area contributed by atoms with Gasteiger partial charge in [-0.2, -0.15) is 0 Å². The van der Waals surface area contributed by atoms with Gasteiger partial charge in [-0.1, -0.05) is 26.7 Å². The first-order chi connectivity index (χ1) is 7.02. The van der Waals surface area contributed by atoms with Crippen LogP contribution in [0, 0.1) is 0 Å². The Morgan fingerprint density at radius 3 is 2.33 bits per heavy atom. The molecule has 1 fully saturated rings. The van der Waals surface area contributed by atoms with Crippen LogP contribution in [-0.4, -0.2) is 32.8 Å². The Morgan fingerprint density at radius 2 is 1.80 bits per heavy atom. The molecule has 4 nitrogen and oxygen atoms in total. The molecule has 5 heteroatoms. The average Bonchev–Trinajstić information content (AvgIpc) is 2.65. The van der Waals surface area contributed by atoms with E-state index in [2.05, 4.69) is 10.0 Å². The van der Waals surface area contributed by atoms with E-state index in [4.69, 9.17) is 0 Å². The van der Waals surface area contributed by atoms with E-state index in [1.807, 2.05) is 13.8 Å². The molecule has 0 amide bonds. The minimum absolute atomic E-state index is 0.142. The molecule has 0 atom stereocenters. The highest BCUT2D eigenvalue weighted by molar-refractivity contribution is 7.90. The van der Waals surface area contributed by atoms with Crippen molar-refractivity contribution in [3.8, 4) is 0 Å². The summed E-state index contributed by atoms with van der Waals surface area (Å²) in [6, 6.07) is 0.404. The predicted molar refractivity (Wildman–Crippen MR) is 62.3 cm³/mol. The summed E-state index contributed by atoms with van der Waals surface area (Å²) in [6.45, 7) is 5.29. The van der Waals surface area contributed by atoms with Crippen molar-refractivity contribution >= 4 is 10.0 Å². The van der Waals surface area contributed by atoms with Crippen LogP contribution in [0.1, 0.15) is 39.5 Å². The molecule has 15 heavy (non-hydrogen) atoms. The standard InChI is InChI=1S/C10H22N2O2S/c1-9(2)11-7-8-12-15(13,14)10-5-3-4-6-10/h9-12H,3-8H2,1-2H3. The topological polar surface area (TPSA) is 58.2 Å². The fraction of sp³-hybridized carbons (Fsp3) is 1.00. The van der Waals surface area contributed by atoms with E-state index < -0.39 is 10.0 Å². The second-order valence-corrected chi connectivity index (χ2v) is 6.50. The van der Waals surface area contributed by atoms with Gasteiger partial charge in [-0.05, 0) is 12.8 Å². The molecule has 0 bridgehead atoms. The van der Waals surface area contributed by atoms with Gasteiger partial charge in [0.1, 0.15) is 0 Å². The van der Waals surface area contributed by atoms with E-state index in [1.54, 1.807) is 0 Å². The van der Waals surface area contributed by atoms with Crippen molar-refractivity contribution in [2.45, 2.75) is 50.8 Å². The Bertz CT molecular complexity index is 269. The fourth-order valence-electron chi connectivity index (χ4n) is 1.87. The van der Waals surface area contributed by atoms with E-state index in [0.29, 0.717) is 19.1 Å². The molecule has 0 heterocycles. The highest BCUT2D eigenvalue weighted by Crippen LogP contribution is 2.23. The zero-order valence-corrected chi connectivity index (χ0v) is 10.4. The summed E-state index contributed by atoms with van der Waals surface area (Å²) in [5.41, 5.74) is 0. The summed E-state index contributed by atoms with van der Waals surface area (Å²) in [6.07, 6.45) is 3.76. The van der Waals surface area contributed by atoms with Gasteiger partial charge >= 0.3 is 0 Å². The third-order valence-corrected chi connectivity index (χ3v) is 4.68. The number of hydrogen-bond donors (Lipinski definition) is 2. The van der Waals surface area contributed by atoms with Gasteiger partial charge < -0.3 is 5.32 Å². The normalized spacial score (nSPS) is 18.9. The monoisotopic (exact) mass is 234 g/mol. The Hall–Kier alpha value is -0.130. The summed E-state index contributed by atoms with van der Waals surface area (Å²) in [5.74, 6) is 0. The number of sulfonamides is 1. The molecular weight excluding hydrogens is 212 g/mol. The summed E-state index contributed by atoms with van der Waals surface area (Å²) in [4.78, 5) is 0. The minimum Gasteiger partial charge on any atom is -0.313 e. The Morgan fingerprint density at radius 1 is 1.20 bits per heavy atom. The average molecular weight is 234 g/mol. The maximum Gasteiger partial charge on any atom is 0.214 e. The van der Waals surface area contributed by atoms with Crippen LogP contribution >= 0.6 is 0 Å². The Kier molecular flexibility index (Phi) is 5.02. The summed E-state index contributed by atoms with van der Waals surface area (Å²) in [5, 5.41) is 3.04. The maximum atomic E-state index is 11.7. The second kappa shape index (κ2) is 5.82. The van der Waals surface area contributed by atoms with E-state index in [1.165, 1.54) is 0 Å². The largest absolute Gasteiger partial charge is 0.313 e. The van der Waals surface area contributed by atoms with Crippen LogP contribution in [0.25, 0.3) is 0 Å². The molecule has 0 aromatic rings. The van der Waals surface area contributed by atoms with Gasteiger partial charge in [-0.3, -0.25) is 0 Å². The van der Waals surface area contributed by atoms with Crippen molar-refractivity contribution in [1.82, 2.24) is 10.0 Å². The molecule has 1 rings (SSSR count). The molecule has 0 aromatic heterocycles. The first-order valence-electron chi connectivity index (χ1n) is 5.74. The molecule has 0 aliphatic heterocycles. The second-order valence-electron chi connectivity index (χ2n) is 4.45. The zero-order valence-electron chi connectivity index (χ0n) is 9.62. The first-order valence-corrected chi connectivity index (χ1v) is 7.29. The van der Waals surface area contributed by atoms with Gasteiger partial charge in [-0.25, -0.2) is 13.1 Å². The third kappa shape index (κ3) is 4.49. The molecule has 1 saturated carbocycles. The van der Waals surface area contributed by atoms with Crippen LogP contribution in [0.3, 0.4) is 0 Å². The molecule has 2 N–H and O–H groups in total. The number of rotatable bonds is 6. The smallest absolute Gasteiger partial charge is 0.214 e. The van der Waals surface area contributed by atoms with Gasteiger partial charge in [0.05, 0.1) is 5.25 Å². The van der Waals surface area contributed by atoms with Crippen molar-refractivity contribution in [2.75, 3.05) is 13.1 Å². The SMILES string of the molecule is CC(C)NCCNS(=O)(=O)C1CCCC1. The fourth-order valence-corrected chi connectivity index (χ4v) is 3.45. The van der Waals surface area contributed by atoms with Crippen LogP contribution in [0.2, 0.25) is 0 Å². The van der Waals surface area contributed by atoms with Crippen LogP contribution in [0.15, 0.2) is 0 Å². The molecule has 0 radical (unpaired) electrons. The van der Waals surface area contributed by atoms with E-state index in [-0.39, 0.29) is 5.25 Å². The minimum atomic E-state index is -3.05. The van der Waals surface area contributed by atoms with Gasteiger partial charge in [0, 0.05) is 19.1 Å². The summed E-state index contributed by atoms with van der Waals surface area (Å²) in [7, 11) is -3.05. The van der Waals surface area contributed by atoms with Crippen LogP contribution in [-0.2, 0) is 10.0 Å². The molecule has 1 aliphatic carbocycles. The highest BCUT2D eigenvalue weighted by atomic mass is 32.2. The molecule has 0 unspecified atom stereocenters. The lowest BCUT2D eigenvalue weighted by molar-refractivity contribution is 0.548. The summed E-state index contributed by atoms with van der Waals surface area (Å²) >= 11 is 0. The van der Waals surface area contributed by atoms with E-state index in [0.717, 1.165) is 25.7 Å². The molecular formula is C10H22N2O2S. The molecule has 0 aromatic carbocycles. The molecule has 90 valence electrons. The number of hydrogen-bond acceptors (Lipinski definition) is 3. The quantitative estimate of drug-likeness (QED) is 0.670. The lowest BCUT2D eigenvalue weighted by Gasteiger charge is -2.13. The summed E-state index contributed by atoms with van der Waals surface area (Å²) < 4.78 is 26.1. The van der Waals surface area contributed by atoms with Crippen molar-refractivity contribution < 1.29 is 8.42 Å². The van der Waals surface area contributed by atoms with Crippen LogP contribution in [0.4, 0.5) is 0 Å². The van der Waals surface area contributed by atoms with Crippen LogP contribution < -0.4 is 10.0 Å². The van der Waals surface area contributed by atoms with E-state index >= 15 is 0 Å². The molecule has 0 spiro atoms. The lowest BCUT2D eigenvalue weighted by Crippen LogP contribution is -2.38. The van der Waals surface area contributed by atoms with Crippen molar-refractivity contribution in [3.63, 3.8) is 0 Å². The molecule has 0 saturated heterocycles. The maximum absolute atomic E-state index is 11.7. The lowest BCUT2D eigenvalue weighted by atomic mass is 10.4. The predicted octanol–water partition coefficient (Wildman–Crippen LogP) is 0.846. The van der Waals surface area contributed by atoms with Gasteiger partial charge in [-0.15, -0.1) is 0 Å². The Labute approximate surface area is 92.9 Å². The first kappa shape index (κ1) is 12.9. The van der Waals surface area contributed by atoms with Gasteiger partial charge in [0.2, 0.25) is 10.0 Å². The van der Waals surface area contributed by atoms with Crippen molar-refractivity contribution in [3.05, 3.63) is 0 Å². The number of nitrogens with one attached hydrogen (secondary N) is 2. The van der Waals surface area contributed by atoms with Gasteiger partial charge in [0.15, 0.2) is 0 Å².